The van der Waals surface area contributed by atoms with Gasteiger partial charge in [0.15, 0.2) is 0 Å². The number of halogens is 2. The van der Waals surface area contributed by atoms with Crippen molar-refractivity contribution in [3.63, 3.8) is 0 Å². The average molecular weight is 471 g/mol. The minimum atomic E-state index is -1.59. The van der Waals surface area contributed by atoms with Gasteiger partial charge in [-0.2, -0.15) is 0 Å². The summed E-state index contributed by atoms with van der Waals surface area (Å²) in [6.45, 7) is 0. The molecule has 0 heterocycles. The van der Waals surface area contributed by atoms with Crippen LogP contribution in [-0.4, -0.2) is 32.3 Å². The predicted molar refractivity (Wildman–Crippen MR) is 57.6 cm³/mol. The van der Waals surface area contributed by atoms with Crippen molar-refractivity contribution in [3.8, 4) is 0 Å². The third-order valence-electron chi connectivity index (χ3n) is 0.841. The van der Waals surface area contributed by atoms with Crippen LogP contribution >= 0.6 is 25.4 Å². The van der Waals surface area contributed by atoms with E-state index >= 15 is 0 Å². The van der Waals surface area contributed by atoms with E-state index in [4.69, 9.17) is 0 Å². The summed E-state index contributed by atoms with van der Waals surface area (Å²) in [6.07, 6.45) is 0. The molecule has 0 aliphatic rings. The zero-order chi connectivity index (χ0) is 7.71. The van der Waals surface area contributed by atoms with Crippen LogP contribution in [0, 0.1) is 0 Å². The van der Waals surface area contributed by atoms with E-state index in [9.17, 15) is 0 Å². The van der Waals surface area contributed by atoms with E-state index in [0.717, 1.165) is 0 Å². The van der Waals surface area contributed by atoms with Crippen LogP contribution < -0.4 is 0 Å². The third kappa shape index (κ3) is 10.6. The van der Waals surface area contributed by atoms with Crippen molar-refractivity contribution in [2.75, 3.05) is 0 Å². The molecule has 0 amide bonds. The van der Waals surface area contributed by atoms with Gasteiger partial charge in [0, 0.05) is 0 Å². The van der Waals surface area contributed by atoms with Crippen LogP contribution in [0.25, 0.3) is 0 Å². The normalized spacial score (nSPS) is 14.0. The quantitative estimate of drug-likeness (QED) is 0.539. The zero-order valence-corrected chi connectivity index (χ0v) is 15.3. The van der Waals surface area contributed by atoms with Gasteiger partial charge in [-0.15, -0.1) is 0 Å². The molecule has 0 saturated carbocycles. The Bertz CT molecular complexity index is 78.1. The molecular weight excluding hydrogens is 457 g/mol. The molecule has 0 atom stereocenters. The van der Waals surface area contributed by atoms with Crippen molar-refractivity contribution in [3.05, 3.63) is 0 Å². The summed E-state index contributed by atoms with van der Waals surface area (Å²) in [5, 5.41) is 0. The van der Waals surface area contributed by atoms with Crippen molar-refractivity contribution in [2.24, 2.45) is 0 Å². The summed E-state index contributed by atoms with van der Waals surface area (Å²) in [7, 11) is 0. The Morgan fingerprint density at radius 3 is 1.11 bits per heavy atom. The Kier molecular flexibility index (Phi) is 5.12. The van der Waals surface area contributed by atoms with E-state index in [0.29, 0.717) is 0 Å². The fourth-order valence-electron chi connectivity index (χ4n) is 1.000. The van der Waals surface area contributed by atoms with Gasteiger partial charge in [-0.05, 0) is 0 Å². The molecule has 0 bridgehead atoms. The van der Waals surface area contributed by atoms with E-state index in [1.54, 1.807) is 2.45 Å². The molecule has 0 aromatic rings. The summed E-state index contributed by atoms with van der Waals surface area (Å²) in [5.74, 6) is 0. The molecule has 0 nitrogen and oxygen atoms in total. The molecule has 0 aliphatic heterocycles. The van der Waals surface area contributed by atoms with Crippen LogP contribution in [0.5, 0.6) is 0 Å². The molecular formula is C5H14Br2Sn2. The molecule has 0 aromatic carbocycles. The van der Waals surface area contributed by atoms with E-state index in [2.05, 4.69) is 45.2 Å². The Morgan fingerprint density at radius 1 is 0.889 bits per heavy atom. The van der Waals surface area contributed by atoms with Crippen molar-refractivity contribution in [1.82, 2.24) is 0 Å². The van der Waals surface area contributed by atoms with E-state index in [1.165, 1.54) is 0 Å². The van der Waals surface area contributed by atoms with Gasteiger partial charge in [-0.3, -0.25) is 0 Å². The zero-order valence-electron chi connectivity index (χ0n) is 6.46. The molecule has 0 rings (SSSR count). The summed E-state index contributed by atoms with van der Waals surface area (Å²) in [5.41, 5.74) is 0. The first-order valence-electron chi connectivity index (χ1n) is 3.09. The van der Waals surface area contributed by atoms with Crippen LogP contribution in [0.1, 0.15) is 0 Å². The second kappa shape index (κ2) is 3.98. The van der Waals surface area contributed by atoms with Crippen molar-refractivity contribution < 1.29 is 0 Å². The van der Waals surface area contributed by atoms with E-state index in [-0.39, 0.29) is 0 Å². The summed E-state index contributed by atoms with van der Waals surface area (Å²) in [6, 6.07) is 0. The SMILES string of the molecule is [CH3][Sn]([CH3])([Br])[CH2][Sn]([CH3])([CH3])[Br]. The summed E-state index contributed by atoms with van der Waals surface area (Å²) >= 11 is 4.52. The predicted octanol–water partition coefficient (Wildman–Crippen LogP) is 3.73. The number of rotatable bonds is 2. The average Bonchev–Trinajstić information content (AvgIpc) is 1.14. The Morgan fingerprint density at radius 2 is 1.11 bits per heavy atom. The van der Waals surface area contributed by atoms with Crippen LogP contribution in [0.3, 0.4) is 0 Å². The monoisotopic (exact) mass is 472 g/mol. The first-order valence-corrected chi connectivity index (χ1v) is 31.3. The van der Waals surface area contributed by atoms with Gasteiger partial charge in [-0.25, -0.2) is 0 Å². The fraction of sp³-hybridized carbons (Fsp3) is 1.00. The summed E-state index contributed by atoms with van der Waals surface area (Å²) in [4.78, 5) is 9.76. The Balaban J connectivity index is 3.75. The van der Waals surface area contributed by atoms with Crippen molar-refractivity contribution in [2.45, 2.75) is 22.2 Å². The molecule has 0 unspecified atom stereocenters. The molecule has 9 heavy (non-hydrogen) atoms. The van der Waals surface area contributed by atoms with Gasteiger partial charge >= 0.3 is 79.9 Å². The topological polar surface area (TPSA) is 0 Å². The van der Waals surface area contributed by atoms with Crippen LogP contribution in [0.15, 0.2) is 0 Å². The van der Waals surface area contributed by atoms with Gasteiger partial charge in [-0.1, -0.05) is 0 Å². The molecule has 4 heteroatoms. The first-order chi connectivity index (χ1) is 3.71. The van der Waals surface area contributed by atoms with Gasteiger partial charge in [0.2, 0.25) is 0 Å². The molecule has 0 aliphatic carbocycles. The Hall–Kier alpha value is 2.56. The molecule has 0 N–H and O–H groups in total. The molecule has 0 spiro atoms. The maximum absolute atomic E-state index is 3.85. The summed E-state index contributed by atoms with van der Waals surface area (Å²) < 4.78 is 1.54. The fourth-order valence-corrected chi connectivity index (χ4v) is 125. The maximum atomic E-state index is 3.85. The molecule has 0 aromatic heterocycles. The van der Waals surface area contributed by atoms with Crippen LogP contribution in [0.2, 0.25) is 22.2 Å². The van der Waals surface area contributed by atoms with Crippen LogP contribution in [0.4, 0.5) is 0 Å². The van der Waals surface area contributed by atoms with Gasteiger partial charge < -0.3 is 0 Å². The molecule has 0 fully saturated rings. The van der Waals surface area contributed by atoms with Gasteiger partial charge in [0.1, 0.15) is 0 Å². The standard InChI is InChI=1S/4CH3.CH2.2BrH.2Sn/h4*1H3;1H2;2*1H;;/q;;;;;;;2*+1/p-2. The second-order valence-corrected chi connectivity index (χ2v) is 59.8. The second-order valence-electron chi connectivity index (χ2n) is 3.61. The van der Waals surface area contributed by atoms with Crippen molar-refractivity contribution >= 4 is 57.7 Å². The van der Waals surface area contributed by atoms with Crippen LogP contribution in [-0.2, 0) is 0 Å². The minimum absolute atomic E-state index is 1.54. The molecule has 56 valence electrons. The Labute approximate surface area is 78.4 Å². The van der Waals surface area contributed by atoms with Crippen molar-refractivity contribution in [1.29, 1.82) is 0 Å². The van der Waals surface area contributed by atoms with Gasteiger partial charge in [0.25, 0.3) is 0 Å². The molecule has 0 saturated heterocycles. The van der Waals surface area contributed by atoms with Gasteiger partial charge in [0.05, 0.1) is 0 Å². The third-order valence-corrected chi connectivity index (χ3v) is 63.1. The molecule has 0 radical (unpaired) electrons. The first kappa shape index (κ1) is 11.6. The number of hydrogen-bond acceptors (Lipinski definition) is 0. The van der Waals surface area contributed by atoms with E-state index < -0.39 is 32.3 Å². The van der Waals surface area contributed by atoms with E-state index in [1.807, 2.05) is 0 Å². The number of hydrogen-bond donors (Lipinski definition) is 0.